The third-order valence-electron chi connectivity index (χ3n) is 3.71. The summed E-state index contributed by atoms with van der Waals surface area (Å²) < 4.78 is 33.9. The third-order valence-corrected chi connectivity index (χ3v) is 4.99. The second-order valence-electron chi connectivity index (χ2n) is 5.38. The molecule has 1 aromatic rings. The first-order valence-electron chi connectivity index (χ1n) is 6.65. The number of aromatic nitrogens is 2. The van der Waals surface area contributed by atoms with Gasteiger partial charge in [-0.1, -0.05) is 0 Å². The standard InChI is InChI=1S/C12H22N4O3S/c1-16-7-11(14-10-16)20(17,18)15-8-12(9-19-2)3-5-13-6-4-12/h7,10,13,15H,3-6,8-9H2,1-2H3. The Hall–Kier alpha value is -0.960. The Morgan fingerprint density at radius 1 is 1.50 bits per heavy atom. The second kappa shape index (κ2) is 6.21. The van der Waals surface area contributed by atoms with Crippen LogP contribution < -0.4 is 10.0 Å². The van der Waals surface area contributed by atoms with E-state index >= 15 is 0 Å². The molecule has 0 aliphatic carbocycles. The van der Waals surface area contributed by atoms with E-state index in [1.54, 1.807) is 18.7 Å². The highest BCUT2D eigenvalue weighted by molar-refractivity contribution is 7.89. The molecule has 0 atom stereocenters. The van der Waals surface area contributed by atoms with Gasteiger partial charge in [-0.15, -0.1) is 0 Å². The summed E-state index contributed by atoms with van der Waals surface area (Å²) >= 11 is 0. The average Bonchev–Trinajstić information content (AvgIpc) is 2.86. The Labute approximate surface area is 119 Å². The van der Waals surface area contributed by atoms with Crippen LogP contribution in [0.2, 0.25) is 0 Å². The molecule has 1 aromatic heterocycles. The van der Waals surface area contributed by atoms with Gasteiger partial charge in [0, 0.05) is 32.3 Å². The number of nitrogens with one attached hydrogen (secondary N) is 2. The zero-order valence-electron chi connectivity index (χ0n) is 11.9. The summed E-state index contributed by atoms with van der Waals surface area (Å²) in [5.41, 5.74) is -0.137. The first-order valence-corrected chi connectivity index (χ1v) is 8.13. The Kier molecular flexibility index (Phi) is 4.79. The molecule has 1 fully saturated rings. The fraction of sp³-hybridized carbons (Fsp3) is 0.750. The predicted molar refractivity (Wildman–Crippen MR) is 74.8 cm³/mol. The summed E-state index contributed by atoms with van der Waals surface area (Å²) in [4.78, 5) is 3.89. The van der Waals surface area contributed by atoms with Crippen molar-refractivity contribution in [2.45, 2.75) is 17.9 Å². The third kappa shape index (κ3) is 3.57. The van der Waals surface area contributed by atoms with Gasteiger partial charge in [-0.2, -0.15) is 0 Å². The monoisotopic (exact) mass is 302 g/mol. The molecule has 0 bridgehead atoms. The largest absolute Gasteiger partial charge is 0.384 e. The molecule has 8 heteroatoms. The SMILES string of the molecule is COCC1(CNS(=O)(=O)c2cn(C)cn2)CCNCC1. The van der Waals surface area contributed by atoms with Crippen LogP contribution in [-0.2, 0) is 21.8 Å². The molecule has 0 amide bonds. The maximum atomic E-state index is 12.2. The van der Waals surface area contributed by atoms with Crippen molar-refractivity contribution in [2.24, 2.45) is 12.5 Å². The molecule has 1 aliphatic heterocycles. The minimum absolute atomic E-state index is 0.0569. The summed E-state index contributed by atoms with van der Waals surface area (Å²) in [5.74, 6) is 0. The average molecular weight is 302 g/mol. The highest BCUT2D eigenvalue weighted by Gasteiger charge is 2.33. The minimum atomic E-state index is -3.55. The number of imidazole rings is 1. The van der Waals surface area contributed by atoms with Crippen LogP contribution in [0.4, 0.5) is 0 Å². The van der Waals surface area contributed by atoms with E-state index in [0.29, 0.717) is 13.2 Å². The number of piperidine rings is 1. The molecule has 1 saturated heterocycles. The van der Waals surface area contributed by atoms with Crippen LogP contribution >= 0.6 is 0 Å². The Bertz CT molecular complexity index is 529. The molecule has 0 spiro atoms. The van der Waals surface area contributed by atoms with Crippen LogP contribution in [0, 0.1) is 5.41 Å². The summed E-state index contributed by atoms with van der Waals surface area (Å²) in [6.45, 7) is 2.70. The predicted octanol–water partition coefficient (Wildman–Crippen LogP) is -0.285. The number of methoxy groups -OCH3 is 1. The van der Waals surface area contributed by atoms with Gasteiger partial charge >= 0.3 is 0 Å². The number of rotatable bonds is 6. The van der Waals surface area contributed by atoms with E-state index in [4.69, 9.17) is 4.74 Å². The van der Waals surface area contributed by atoms with Crippen LogP contribution in [0.15, 0.2) is 17.6 Å². The molecule has 7 nitrogen and oxygen atoms in total. The van der Waals surface area contributed by atoms with Gasteiger partial charge in [0.05, 0.1) is 12.9 Å². The maximum absolute atomic E-state index is 12.2. The van der Waals surface area contributed by atoms with Crippen molar-refractivity contribution in [3.8, 4) is 0 Å². The molecule has 1 aliphatic rings. The zero-order chi connectivity index (χ0) is 14.6. The lowest BCUT2D eigenvalue weighted by molar-refractivity contribution is 0.0577. The van der Waals surface area contributed by atoms with E-state index in [-0.39, 0.29) is 10.4 Å². The van der Waals surface area contributed by atoms with E-state index in [0.717, 1.165) is 25.9 Å². The van der Waals surface area contributed by atoms with Gasteiger partial charge in [0.15, 0.2) is 5.03 Å². The summed E-state index contributed by atoms with van der Waals surface area (Å²) in [6.07, 6.45) is 4.76. The Balaban J connectivity index is 2.05. The molecular formula is C12H22N4O3S. The summed E-state index contributed by atoms with van der Waals surface area (Å²) in [6, 6.07) is 0. The van der Waals surface area contributed by atoms with Crippen molar-refractivity contribution in [2.75, 3.05) is 33.4 Å². The van der Waals surface area contributed by atoms with Crippen molar-refractivity contribution in [3.63, 3.8) is 0 Å². The van der Waals surface area contributed by atoms with Crippen LogP contribution in [-0.4, -0.2) is 51.3 Å². The molecule has 0 saturated carbocycles. The smallest absolute Gasteiger partial charge is 0.259 e. The lowest BCUT2D eigenvalue weighted by atomic mass is 9.80. The van der Waals surface area contributed by atoms with Gasteiger partial charge in [-0.3, -0.25) is 0 Å². The van der Waals surface area contributed by atoms with E-state index < -0.39 is 10.0 Å². The van der Waals surface area contributed by atoms with Gasteiger partial charge in [-0.25, -0.2) is 18.1 Å². The molecule has 2 rings (SSSR count). The fourth-order valence-electron chi connectivity index (χ4n) is 2.49. The molecule has 0 radical (unpaired) electrons. The number of sulfonamides is 1. The second-order valence-corrected chi connectivity index (χ2v) is 7.10. The topological polar surface area (TPSA) is 85.2 Å². The molecule has 2 heterocycles. The van der Waals surface area contributed by atoms with E-state index in [1.807, 2.05) is 0 Å². The van der Waals surface area contributed by atoms with Crippen LogP contribution in [0.25, 0.3) is 0 Å². The highest BCUT2D eigenvalue weighted by atomic mass is 32.2. The van der Waals surface area contributed by atoms with E-state index in [9.17, 15) is 8.42 Å². The first kappa shape index (κ1) is 15.4. The molecule has 114 valence electrons. The number of hydrogen-bond acceptors (Lipinski definition) is 5. The van der Waals surface area contributed by atoms with E-state index in [1.165, 1.54) is 12.5 Å². The van der Waals surface area contributed by atoms with Crippen LogP contribution in [0.3, 0.4) is 0 Å². The van der Waals surface area contributed by atoms with Crippen molar-refractivity contribution >= 4 is 10.0 Å². The lowest BCUT2D eigenvalue weighted by Gasteiger charge is -2.37. The molecular weight excluding hydrogens is 280 g/mol. The van der Waals surface area contributed by atoms with Gasteiger partial charge < -0.3 is 14.6 Å². The fourth-order valence-corrected chi connectivity index (χ4v) is 3.62. The highest BCUT2D eigenvalue weighted by Crippen LogP contribution is 2.28. The molecule has 0 aromatic carbocycles. The van der Waals surface area contributed by atoms with Crippen LogP contribution in [0.5, 0.6) is 0 Å². The van der Waals surface area contributed by atoms with Gasteiger partial charge in [-0.05, 0) is 25.9 Å². The number of nitrogens with zero attached hydrogens (tertiary/aromatic N) is 2. The lowest BCUT2D eigenvalue weighted by Crippen LogP contribution is -2.47. The number of hydrogen-bond donors (Lipinski definition) is 2. The van der Waals surface area contributed by atoms with Crippen molar-refractivity contribution in [3.05, 3.63) is 12.5 Å². The summed E-state index contributed by atoms with van der Waals surface area (Å²) in [7, 11) is -0.162. The first-order chi connectivity index (χ1) is 9.47. The van der Waals surface area contributed by atoms with Crippen LogP contribution in [0.1, 0.15) is 12.8 Å². The van der Waals surface area contributed by atoms with Gasteiger partial charge in [0.25, 0.3) is 10.0 Å². The summed E-state index contributed by atoms with van der Waals surface area (Å²) in [5, 5.41) is 3.34. The van der Waals surface area contributed by atoms with E-state index in [2.05, 4.69) is 15.0 Å². The zero-order valence-corrected chi connectivity index (χ0v) is 12.7. The quantitative estimate of drug-likeness (QED) is 0.754. The van der Waals surface area contributed by atoms with Crippen molar-refractivity contribution in [1.82, 2.24) is 19.6 Å². The van der Waals surface area contributed by atoms with Crippen molar-refractivity contribution < 1.29 is 13.2 Å². The minimum Gasteiger partial charge on any atom is -0.384 e. The normalized spacial score (nSPS) is 19.1. The number of aryl methyl sites for hydroxylation is 1. The molecule has 2 N–H and O–H groups in total. The number of ether oxygens (including phenoxy) is 1. The van der Waals surface area contributed by atoms with Crippen molar-refractivity contribution in [1.29, 1.82) is 0 Å². The molecule has 20 heavy (non-hydrogen) atoms. The molecule has 0 unspecified atom stereocenters. The Morgan fingerprint density at radius 3 is 2.75 bits per heavy atom. The van der Waals surface area contributed by atoms with Gasteiger partial charge in [0.1, 0.15) is 0 Å². The Morgan fingerprint density at radius 2 is 2.20 bits per heavy atom. The maximum Gasteiger partial charge on any atom is 0.259 e. The van der Waals surface area contributed by atoms with Gasteiger partial charge in [0.2, 0.25) is 0 Å².